The normalized spacial score (nSPS) is 10.1. The maximum absolute atomic E-state index is 4.97. The van der Waals surface area contributed by atoms with Crippen LogP contribution in [-0.4, -0.2) is 36.8 Å². The van der Waals surface area contributed by atoms with E-state index in [1.54, 1.807) is 13.3 Å². The van der Waals surface area contributed by atoms with Crippen LogP contribution in [0.1, 0.15) is 19.8 Å². The highest BCUT2D eigenvalue weighted by Gasteiger charge is 1.97. The molecule has 0 atom stereocenters. The number of methoxy groups -OCH3 is 1. The van der Waals surface area contributed by atoms with Gasteiger partial charge in [0.1, 0.15) is 5.82 Å². The van der Waals surface area contributed by atoms with E-state index in [9.17, 15) is 0 Å². The number of rotatable bonds is 8. The summed E-state index contributed by atoms with van der Waals surface area (Å²) in [7, 11) is 1.71. The maximum atomic E-state index is 4.97. The van der Waals surface area contributed by atoms with E-state index in [2.05, 4.69) is 27.5 Å². The van der Waals surface area contributed by atoms with Crippen LogP contribution in [0, 0.1) is 0 Å². The highest BCUT2D eigenvalue weighted by Crippen LogP contribution is 2.05. The van der Waals surface area contributed by atoms with Gasteiger partial charge in [-0.3, -0.25) is 0 Å². The molecule has 0 fully saturated rings. The standard InChI is InChI=1S/C11H20N4O/c1-3-6-13-11-14-8-5-10(15-11)12-7-4-9-16-2/h5,8H,3-4,6-7,9H2,1-2H3,(H2,12,13,14,15). The summed E-state index contributed by atoms with van der Waals surface area (Å²) < 4.78 is 4.97. The molecule has 0 spiro atoms. The smallest absolute Gasteiger partial charge is 0.224 e. The first-order chi connectivity index (χ1) is 7.86. The van der Waals surface area contributed by atoms with E-state index in [1.165, 1.54) is 0 Å². The minimum absolute atomic E-state index is 0.679. The van der Waals surface area contributed by atoms with E-state index in [-0.39, 0.29) is 0 Å². The molecule has 2 N–H and O–H groups in total. The fraction of sp³-hybridized carbons (Fsp3) is 0.636. The lowest BCUT2D eigenvalue weighted by Gasteiger charge is -2.07. The topological polar surface area (TPSA) is 59.1 Å². The Labute approximate surface area is 96.6 Å². The van der Waals surface area contributed by atoms with E-state index in [0.29, 0.717) is 5.95 Å². The van der Waals surface area contributed by atoms with Crippen LogP contribution >= 0.6 is 0 Å². The summed E-state index contributed by atoms with van der Waals surface area (Å²) in [5, 5.41) is 6.37. The van der Waals surface area contributed by atoms with Crippen molar-refractivity contribution in [2.75, 3.05) is 37.4 Å². The zero-order chi connectivity index (χ0) is 11.6. The first-order valence-electron chi connectivity index (χ1n) is 5.66. The molecule has 0 aliphatic rings. The third-order valence-electron chi connectivity index (χ3n) is 2.02. The van der Waals surface area contributed by atoms with Gasteiger partial charge in [-0.1, -0.05) is 6.92 Å². The Morgan fingerprint density at radius 2 is 2.19 bits per heavy atom. The number of aromatic nitrogens is 2. The van der Waals surface area contributed by atoms with Gasteiger partial charge in [0.15, 0.2) is 0 Å². The van der Waals surface area contributed by atoms with Crippen molar-refractivity contribution in [1.82, 2.24) is 9.97 Å². The first kappa shape index (κ1) is 12.7. The SMILES string of the molecule is CCCNc1nccc(NCCCOC)n1. The zero-order valence-corrected chi connectivity index (χ0v) is 9.99. The van der Waals surface area contributed by atoms with Gasteiger partial charge in [-0.2, -0.15) is 4.98 Å². The van der Waals surface area contributed by atoms with Crippen molar-refractivity contribution in [3.05, 3.63) is 12.3 Å². The van der Waals surface area contributed by atoms with Crippen molar-refractivity contribution < 1.29 is 4.74 Å². The predicted molar refractivity (Wildman–Crippen MR) is 65.8 cm³/mol. The molecule has 0 bridgehead atoms. The van der Waals surface area contributed by atoms with Gasteiger partial charge in [0.25, 0.3) is 0 Å². The van der Waals surface area contributed by atoms with Gasteiger partial charge >= 0.3 is 0 Å². The lowest BCUT2D eigenvalue weighted by atomic mass is 10.4. The molecule has 0 amide bonds. The second kappa shape index (κ2) is 7.87. The average molecular weight is 224 g/mol. The summed E-state index contributed by atoms with van der Waals surface area (Å²) >= 11 is 0. The molecular weight excluding hydrogens is 204 g/mol. The minimum atomic E-state index is 0.679. The van der Waals surface area contributed by atoms with Gasteiger partial charge in [-0.25, -0.2) is 4.98 Å². The molecule has 0 aliphatic heterocycles. The van der Waals surface area contributed by atoms with E-state index in [0.717, 1.165) is 38.4 Å². The Hall–Kier alpha value is -1.36. The Morgan fingerprint density at radius 3 is 2.94 bits per heavy atom. The fourth-order valence-electron chi connectivity index (χ4n) is 1.21. The average Bonchev–Trinajstić information content (AvgIpc) is 2.33. The van der Waals surface area contributed by atoms with Gasteiger partial charge in [0, 0.05) is 33.0 Å². The third kappa shape index (κ3) is 4.93. The Kier molecular flexibility index (Phi) is 6.25. The van der Waals surface area contributed by atoms with Crippen molar-refractivity contribution in [3.8, 4) is 0 Å². The number of nitrogens with one attached hydrogen (secondary N) is 2. The van der Waals surface area contributed by atoms with E-state index < -0.39 is 0 Å². The van der Waals surface area contributed by atoms with Crippen LogP contribution in [-0.2, 0) is 4.74 Å². The fourth-order valence-corrected chi connectivity index (χ4v) is 1.21. The Morgan fingerprint density at radius 1 is 1.31 bits per heavy atom. The number of hydrogen-bond acceptors (Lipinski definition) is 5. The molecule has 1 aromatic heterocycles. The molecule has 16 heavy (non-hydrogen) atoms. The molecule has 90 valence electrons. The molecule has 0 saturated carbocycles. The van der Waals surface area contributed by atoms with Crippen LogP contribution in [0.4, 0.5) is 11.8 Å². The van der Waals surface area contributed by atoms with Crippen molar-refractivity contribution >= 4 is 11.8 Å². The Balaban J connectivity index is 2.35. The highest BCUT2D eigenvalue weighted by molar-refractivity contribution is 5.39. The van der Waals surface area contributed by atoms with E-state index >= 15 is 0 Å². The van der Waals surface area contributed by atoms with Gasteiger partial charge in [-0.05, 0) is 18.9 Å². The number of nitrogens with zero attached hydrogens (tertiary/aromatic N) is 2. The van der Waals surface area contributed by atoms with Crippen LogP contribution in [0.15, 0.2) is 12.3 Å². The molecular formula is C11H20N4O. The van der Waals surface area contributed by atoms with Crippen LogP contribution in [0.2, 0.25) is 0 Å². The zero-order valence-electron chi connectivity index (χ0n) is 9.99. The maximum Gasteiger partial charge on any atom is 0.224 e. The molecule has 0 aliphatic carbocycles. The number of ether oxygens (including phenoxy) is 1. The monoisotopic (exact) mass is 224 g/mol. The molecule has 0 aromatic carbocycles. The minimum Gasteiger partial charge on any atom is -0.385 e. The first-order valence-corrected chi connectivity index (χ1v) is 5.66. The predicted octanol–water partition coefficient (Wildman–Crippen LogP) is 1.75. The van der Waals surface area contributed by atoms with Crippen LogP contribution < -0.4 is 10.6 Å². The van der Waals surface area contributed by atoms with Gasteiger partial charge < -0.3 is 15.4 Å². The van der Waals surface area contributed by atoms with Gasteiger partial charge in [0.05, 0.1) is 0 Å². The quantitative estimate of drug-likeness (QED) is 0.659. The van der Waals surface area contributed by atoms with Gasteiger partial charge in [0.2, 0.25) is 5.95 Å². The summed E-state index contributed by atoms with van der Waals surface area (Å²) in [6.07, 6.45) is 3.79. The molecule has 5 nitrogen and oxygen atoms in total. The van der Waals surface area contributed by atoms with Gasteiger partial charge in [-0.15, -0.1) is 0 Å². The largest absolute Gasteiger partial charge is 0.385 e. The van der Waals surface area contributed by atoms with Crippen LogP contribution in [0.3, 0.4) is 0 Å². The molecule has 0 radical (unpaired) electrons. The molecule has 5 heteroatoms. The number of anilines is 2. The molecule has 1 heterocycles. The van der Waals surface area contributed by atoms with E-state index in [4.69, 9.17) is 4.74 Å². The molecule has 1 rings (SSSR count). The summed E-state index contributed by atoms with van der Waals surface area (Å²) in [6, 6.07) is 1.87. The number of hydrogen-bond donors (Lipinski definition) is 2. The molecule has 0 unspecified atom stereocenters. The third-order valence-corrected chi connectivity index (χ3v) is 2.02. The Bertz CT molecular complexity index is 293. The highest BCUT2D eigenvalue weighted by atomic mass is 16.5. The summed E-state index contributed by atoms with van der Waals surface area (Å²) in [4.78, 5) is 8.47. The molecule has 1 aromatic rings. The van der Waals surface area contributed by atoms with Crippen molar-refractivity contribution in [2.45, 2.75) is 19.8 Å². The summed E-state index contributed by atoms with van der Waals surface area (Å²) in [5.74, 6) is 1.53. The second-order valence-electron chi connectivity index (χ2n) is 3.47. The molecule has 0 saturated heterocycles. The lowest BCUT2D eigenvalue weighted by molar-refractivity contribution is 0.198. The summed E-state index contributed by atoms with van der Waals surface area (Å²) in [5.41, 5.74) is 0. The van der Waals surface area contributed by atoms with Crippen molar-refractivity contribution in [2.24, 2.45) is 0 Å². The van der Waals surface area contributed by atoms with Crippen LogP contribution in [0.25, 0.3) is 0 Å². The van der Waals surface area contributed by atoms with Crippen molar-refractivity contribution in [1.29, 1.82) is 0 Å². The van der Waals surface area contributed by atoms with Crippen molar-refractivity contribution in [3.63, 3.8) is 0 Å². The van der Waals surface area contributed by atoms with E-state index in [1.807, 2.05) is 6.07 Å². The van der Waals surface area contributed by atoms with Crippen LogP contribution in [0.5, 0.6) is 0 Å². The summed E-state index contributed by atoms with van der Waals surface area (Å²) in [6.45, 7) is 4.63. The lowest BCUT2D eigenvalue weighted by Crippen LogP contribution is -2.09. The second-order valence-corrected chi connectivity index (χ2v) is 3.47.